The van der Waals surface area contributed by atoms with Crippen molar-refractivity contribution in [2.45, 2.75) is 20.3 Å². The van der Waals surface area contributed by atoms with E-state index in [1.807, 2.05) is 4.90 Å². The van der Waals surface area contributed by atoms with Crippen LogP contribution in [-0.2, 0) is 6.42 Å². The largest absolute Gasteiger partial charge is 0.338 e. The lowest BCUT2D eigenvalue weighted by molar-refractivity contribution is -0.384. The van der Waals surface area contributed by atoms with Crippen LogP contribution < -0.4 is 0 Å². The average molecular weight is 355 g/mol. The molecule has 1 amide bonds. The van der Waals surface area contributed by atoms with Crippen LogP contribution >= 0.6 is 15.9 Å². The lowest BCUT2D eigenvalue weighted by Crippen LogP contribution is -2.42. The zero-order valence-electron chi connectivity index (χ0n) is 12.2. The minimum absolute atomic E-state index is 0.0233. The normalized spacial score (nSPS) is 16.0. The van der Waals surface area contributed by atoms with Crippen molar-refractivity contribution in [1.29, 1.82) is 0 Å². The maximum absolute atomic E-state index is 12.6. The van der Waals surface area contributed by atoms with Crippen LogP contribution in [-0.4, -0.2) is 34.2 Å². The van der Waals surface area contributed by atoms with E-state index in [2.05, 4.69) is 29.8 Å². The lowest BCUT2D eigenvalue weighted by Gasteiger charge is -2.32. The zero-order chi connectivity index (χ0) is 15.6. The first kappa shape index (κ1) is 15.9. The highest BCUT2D eigenvalue weighted by atomic mass is 79.9. The molecule has 114 valence electrons. The van der Waals surface area contributed by atoms with Crippen molar-refractivity contribution in [2.75, 3.05) is 18.4 Å². The fraction of sp³-hybridized carbons (Fsp3) is 0.533. The number of non-ortho nitro benzene ring substituents is 1. The summed E-state index contributed by atoms with van der Waals surface area (Å²) in [4.78, 5) is 24.8. The quantitative estimate of drug-likeness (QED) is 0.463. The number of halogens is 1. The van der Waals surface area contributed by atoms with Crippen molar-refractivity contribution < 1.29 is 9.72 Å². The third kappa shape index (κ3) is 3.43. The van der Waals surface area contributed by atoms with Gasteiger partial charge in [0.2, 0.25) is 0 Å². The van der Waals surface area contributed by atoms with Crippen LogP contribution in [0.25, 0.3) is 0 Å². The highest BCUT2D eigenvalue weighted by Crippen LogP contribution is 2.25. The summed E-state index contributed by atoms with van der Waals surface area (Å²) >= 11 is 3.50. The van der Waals surface area contributed by atoms with Crippen molar-refractivity contribution in [3.05, 3.63) is 39.4 Å². The number of nitrogens with zero attached hydrogens (tertiary/aromatic N) is 2. The van der Waals surface area contributed by atoms with Crippen LogP contribution in [0, 0.1) is 22.0 Å². The molecule has 0 fully saturated rings. The highest BCUT2D eigenvalue weighted by molar-refractivity contribution is 9.09. The van der Waals surface area contributed by atoms with E-state index in [0.717, 1.165) is 17.3 Å². The van der Waals surface area contributed by atoms with Crippen molar-refractivity contribution in [3.8, 4) is 0 Å². The Morgan fingerprint density at radius 3 is 2.71 bits per heavy atom. The van der Waals surface area contributed by atoms with E-state index in [0.29, 0.717) is 30.5 Å². The summed E-state index contributed by atoms with van der Waals surface area (Å²) in [5.74, 6) is 0.768. The molecule has 21 heavy (non-hydrogen) atoms. The van der Waals surface area contributed by atoms with Gasteiger partial charge in [0.25, 0.3) is 11.6 Å². The lowest BCUT2D eigenvalue weighted by atomic mass is 9.94. The Balaban J connectivity index is 2.23. The highest BCUT2D eigenvalue weighted by Gasteiger charge is 2.28. The molecule has 0 saturated heterocycles. The second-order valence-corrected chi connectivity index (χ2v) is 6.41. The first-order valence-corrected chi connectivity index (χ1v) is 8.18. The maximum Gasteiger partial charge on any atom is 0.270 e. The van der Waals surface area contributed by atoms with Gasteiger partial charge in [-0.2, -0.15) is 0 Å². The number of benzene rings is 1. The molecule has 6 heteroatoms. The van der Waals surface area contributed by atoms with E-state index < -0.39 is 4.92 Å². The third-order valence-corrected chi connectivity index (χ3v) is 4.90. The second-order valence-electron chi connectivity index (χ2n) is 5.76. The molecular formula is C15H19BrN2O3. The van der Waals surface area contributed by atoms with Gasteiger partial charge >= 0.3 is 0 Å². The number of nitro groups is 1. The molecule has 1 aliphatic rings. The van der Waals surface area contributed by atoms with Crippen molar-refractivity contribution in [3.63, 3.8) is 0 Å². The number of carbonyl (C=O) groups is 1. The molecular weight excluding hydrogens is 336 g/mol. The predicted octanol–water partition coefficient (Wildman–Crippen LogP) is 3.26. The molecule has 0 spiro atoms. The van der Waals surface area contributed by atoms with Crippen LogP contribution in [0.15, 0.2) is 18.2 Å². The third-order valence-electron chi connectivity index (χ3n) is 4.07. The second kappa shape index (κ2) is 6.56. The Bertz CT molecular complexity index is 560. The number of alkyl halides is 1. The van der Waals surface area contributed by atoms with E-state index in [-0.39, 0.29) is 11.6 Å². The Morgan fingerprint density at radius 1 is 1.43 bits per heavy atom. The van der Waals surface area contributed by atoms with Crippen LogP contribution in [0.5, 0.6) is 0 Å². The van der Waals surface area contributed by atoms with Crippen LogP contribution in [0.4, 0.5) is 5.69 Å². The summed E-state index contributed by atoms with van der Waals surface area (Å²) in [7, 11) is 0. The van der Waals surface area contributed by atoms with Gasteiger partial charge in [0.1, 0.15) is 0 Å². The van der Waals surface area contributed by atoms with E-state index in [1.54, 1.807) is 6.07 Å². The predicted molar refractivity (Wildman–Crippen MR) is 84.8 cm³/mol. The van der Waals surface area contributed by atoms with E-state index in [9.17, 15) is 14.9 Å². The fourth-order valence-corrected chi connectivity index (χ4v) is 3.47. The van der Waals surface area contributed by atoms with Gasteiger partial charge in [0.05, 0.1) is 4.92 Å². The summed E-state index contributed by atoms with van der Waals surface area (Å²) in [6.45, 7) is 5.64. The topological polar surface area (TPSA) is 63.4 Å². The van der Waals surface area contributed by atoms with Gasteiger partial charge < -0.3 is 4.90 Å². The van der Waals surface area contributed by atoms with Crippen molar-refractivity contribution >= 4 is 27.5 Å². The van der Waals surface area contributed by atoms with Crippen LogP contribution in [0.3, 0.4) is 0 Å². The Morgan fingerprint density at radius 2 is 2.14 bits per heavy atom. The molecule has 1 heterocycles. The number of hydrogen-bond donors (Lipinski definition) is 0. The van der Waals surface area contributed by atoms with E-state index >= 15 is 0 Å². The van der Waals surface area contributed by atoms with E-state index in [4.69, 9.17) is 0 Å². The summed E-state index contributed by atoms with van der Waals surface area (Å²) < 4.78 is 0. The molecule has 0 radical (unpaired) electrons. The molecule has 0 bridgehead atoms. The monoisotopic (exact) mass is 354 g/mol. The van der Waals surface area contributed by atoms with Crippen LogP contribution in [0.1, 0.15) is 29.8 Å². The number of carbonyl (C=O) groups excluding carboxylic acids is 1. The van der Waals surface area contributed by atoms with Crippen molar-refractivity contribution in [1.82, 2.24) is 4.90 Å². The number of fused-ring (bicyclic) bond motifs is 1. The Hall–Kier alpha value is -1.43. The molecule has 0 aromatic heterocycles. The standard InChI is InChI=1S/C15H19BrN2O3/c1-10(2)12(8-16)9-17-6-5-11-3-4-13(18(20)21)7-14(11)15(17)19/h3-4,7,10,12H,5-6,8-9H2,1-2H3. The first-order valence-electron chi connectivity index (χ1n) is 7.06. The summed E-state index contributed by atoms with van der Waals surface area (Å²) in [5.41, 5.74) is 1.36. The van der Waals surface area contributed by atoms with Gasteiger partial charge in [0.15, 0.2) is 0 Å². The molecule has 1 atom stereocenters. The average Bonchev–Trinajstić information content (AvgIpc) is 2.46. The minimum atomic E-state index is -0.456. The molecule has 1 aliphatic heterocycles. The van der Waals surface area contributed by atoms with Crippen molar-refractivity contribution in [2.24, 2.45) is 11.8 Å². The summed E-state index contributed by atoms with van der Waals surface area (Å²) in [6.07, 6.45) is 0.756. The van der Waals surface area contributed by atoms with Gasteiger partial charge in [-0.3, -0.25) is 14.9 Å². The van der Waals surface area contributed by atoms with Gasteiger partial charge in [-0.25, -0.2) is 0 Å². The Kier molecular flexibility index (Phi) is 4.98. The van der Waals surface area contributed by atoms with Gasteiger partial charge in [-0.15, -0.1) is 0 Å². The van der Waals surface area contributed by atoms with Gasteiger partial charge in [0, 0.05) is 36.1 Å². The number of hydrogen-bond acceptors (Lipinski definition) is 3. The molecule has 1 aromatic rings. The molecule has 2 rings (SSSR count). The van der Waals surface area contributed by atoms with Gasteiger partial charge in [-0.05, 0) is 23.8 Å². The first-order chi connectivity index (χ1) is 9.93. The van der Waals surface area contributed by atoms with E-state index in [1.165, 1.54) is 12.1 Å². The molecule has 0 N–H and O–H groups in total. The number of amides is 1. The molecule has 1 unspecified atom stereocenters. The fourth-order valence-electron chi connectivity index (χ4n) is 2.52. The molecule has 5 nitrogen and oxygen atoms in total. The van der Waals surface area contributed by atoms with Crippen LogP contribution in [0.2, 0.25) is 0 Å². The Labute approximate surface area is 132 Å². The maximum atomic E-state index is 12.6. The zero-order valence-corrected chi connectivity index (χ0v) is 13.8. The molecule has 0 saturated carbocycles. The summed E-state index contributed by atoms with van der Waals surface area (Å²) in [5, 5.41) is 11.7. The minimum Gasteiger partial charge on any atom is -0.338 e. The molecule has 0 aliphatic carbocycles. The van der Waals surface area contributed by atoms with Gasteiger partial charge in [-0.1, -0.05) is 35.8 Å². The smallest absolute Gasteiger partial charge is 0.270 e. The summed E-state index contributed by atoms with van der Waals surface area (Å²) in [6, 6.07) is 4.58. The number of nitro benzene ring substituents is 1. The molecule has 1 aromatic carbocycles. The SMILES string of the molecule is CC(C)C(CBr)CN1CCc2ccc([N+](=O)[O-])cc2C1=O. The number of rotatable bonds is 5.